The zero-order chi connectivity index (χ0) is 21.2. The first-order chi connectivity index (χ1) is 14.4. The van der Waals surface area contributed by atoms with Crippen LogP contribution in [0.25, 0.3) is 16.6 Å². The molecule has 6 heteroatoms. The summed E-state index contributed by atoms with van der Waals surface area (Å²) < 4.78 is 4.89. The third-order valence-corrected chi connectivity index (χ3v) is 6.74. The van der Waals surface area contributed by atoms with Crippen molar-refractivity contribution in [1.29, 1.82) is 0 Å². The summed E-state index contributed by atoms with van der Waals surface area (Å²) in [4.78, 5) is 30.5. The van der Waals surface area contributed by atoms with E-state index in [0.717, 1.165) is 42.7 Å². The maximum Gasteiger partial charge on any atom is 0.340 e. The van der Waals surface area contributed by atoms with Crippen molar-refractivity contribution in [2.75, 3.05) is 13.7 Å². The lowest BCUT2D eigenvalue weighted by atomic mass is 9.83. The number of benzene rings is 1. The van der Waals surface area contributed by atoms with Crippen molar-refractivity contribution in [1.82, 2.24) is 9.88 Å². The second-order valence-corrected chi connectivity index (χ2v) is 8.46. The third-order valence-electron chi connectivity index (χ3n) is 6.74. The number of ether oxygens (including phenoxy) is 1. The van der Waals surface area contributed by atoms with E-state index in [4.69, 9.17) is 9.72 Å². The number of rotatable bonds is 2. The molecule has 1 aromatic heterocycles. The standard InChI is InChI=1S/C24H24N2O4/c1-12-7-19-21-15(13(12)2)5-4-6-16(21)18-9-26(3)20(22(18)25-19)8-17-14(10-27)11-30-24(29)23(17)28/h7-8,10,23,28H,4-6,9,11H2,1-3H3/b20-8-. The second-order valence-electron chi connectivity index (χ2n) is 8.46. The van der Waals surface area contributed by atoms with Crippen LogP contribution in [0.15, 0.2) is 23.3 Å². The van der Waals surface area contributed by atoms with Crippen LogP contribution in [-0.2, 0) is 33.7 Å². The normalized spacial score (nSPS) is 22.0. The SMILES string of the molecule is Cc1cc2nc3c(c4c2c(c1C)CCC4)CN(C)/C3=C\C1=C(C=O)COC(=O)C1O. The number of aryl methyl sites for hydroxylation is 3. The summed E-state index contributed by atoms with van der Waals surface area (Å²) in [6.07, 6.45) is 4.15. The van der Waals surface area contributed by atoms with Gasteiger partial charge in [-0.3, -0.25) is 4.79 Å². The molecule has 1 N–H and O–H groups in total. The number of carbonyl (C=O) groups excluding carboxylic acids is 2. The van der Waals surface area contributed by atoms with Crippen molar-refractivity contribution in [3.05, 3.63) is 56.8 Å². The first-order valence-electron chi connectivity index (χ1n) is 10.3. The minimum Gasteiger partial charge on any atom is -0.459 e. The van der Waals surface area contributed by atoms with Crippen LogP contribution >= 0.6 is 0 Å². The van der Waals surface area contributed by atoms with Gasteiger partial charge in [-0.25, -0.2) is 9.78 Å². The summed E-state index contributed by atoms with van der Waals surface area (Å²) >= 11 is 0. The van der Waals surface area contributed by atoms with Gasteiger partial charge in [0.1, 0.15) is 12.9 Å². The highest BCUT2D eigenvalue weighted by molar-refractivity contribution is 5.93. The Labute approximate surface area is 174 Å². The molecule has 0 spiro atoms. The molecule has 1 aromatic carbocycles. The number of esters is 1. The lowest BCUT2D eigenvalue weighted by Crippen LogP contribution is -2.32. The molecule has 3 aliphatic rings. The van der Waals surface area contributed by atoms with Crippen LogP contribution in [0.2, 0.25) is 0 Å². The van der Waals surface area contributed by atoms with E-state index in [0.29, 0.717) is 11.9 Å². The van der Waals surface area contributed by atoms with Crippen molar-refractivity contribution < 1.29 is 19.4 Å². The molecular weight excluding hydrogens is 380 g/mol. The molecular formula is C24H24N2O4. The molecule has 0 saturated carbocycles. The van der Waals surface area contributed by atoms with Crippen molar-refractivity contribution in [2.24, 2.45) is 0 Å². The minimum absolute atomic E-state index is 0.118. The number of pyridine rings is 1. The molecule has 0 saturated heterocycles. The molecule has 2 aromatic rings. The predicted octanol–water partition coefficient (Wildman–Crippen LogP) is 2.54. The summed E-state index contributed by atoms with van der Waals surface area (Å²) in [7, 11) is 1.97. The van der Waals surface area contributed by atoms with Crippen molar-refractivity contribution in [3.63, 3.8) is 0 Å². The molecule has 1 atom stereocenters. The number of aromatic nitrogens is 1. The van der Waals surface area contributed by atoms with Gasteiger partial charge < -0.3 is 14.7 Å². The van der Waals surface area contributed by atoms with Crippen molar-refractivity contribution in [3.8, 4) is 0 Å². The van der Waals surface area contributed by atoms with E-state index < -0.39 is 12.1 Å². The first kappa shape index (κ1) is 19.0. The largest absolute Gasteiger partial charge is 0.459 e. The highest BCUT2D eigenvalue weighted by Crippen LogP contribution is 2.41. The number of carbonyl (C=O) groups is 2. The van der Waals surface area contributed by atoms with Gasteiger partial charge in [0, 0.05) is 35.7 Å². The average molecular weight is 404 g/mol. The predicted molar refractivity (Wildman–Crippen MR) is 113 cm³/mol. The maximum atomic E-state index is 11.9. The molecule has 0 bridgehead atoms. The number of cyclic esters (lactones) is 1. The number of hydrogen-bond acceptors (Lipinski definition) is 6. The molecule has 30 heavy (non-hydrogen) atoms. The highest BCUT2D eigenvalue weighted by Gasteiger charge is 2.33. The second kappa shape index (κ2) is 6.77. The Morgan fingerprint density at radius 3 is 2.77 bits per heavy atom. The van der Waals surface area contributed by atoms with E-state index in [2.05, 4.69) is 24.8 Å². The molecule has 0 amide bonds. The first-order valence-corrected chi connectivity index (χ1v) is 10.3. The summed E-state index contributed by atoms with van der Waals surface area (Å²) in [5.41, 5.74) is 9.86. The van der Waals surface area contributed by atoms with Gasteiger partial charge in [0.2, 0.25) is 0 Å². The fraction of sp³-hybridized carbons (Fsp3) is 0.375. The molecule has 1 unspecified atom stereocenters. The lowest BCUT2D eigenvalue weighted by molar-refractivity contribution is -0.151. The van der Waals surface area contributed by atoms with Crippen LogP contribution in [0.5, 0.6) is 0 Å². The summed E-state index contributed by atoms with van der Waals surface area (Å²) in [5, 5.41) is 11.6. The monoisotopic (exact) mass is 404 g/mol. The summed E-state index contributed by atoms with van der Waals surface area (Å²) in [5.74, 6) is -0.731. The average Bonchev–Trinajstić information content (AvgIpc) is 3.05. The molecule has 2 aliphatic heterocycles. The number of aliphatic hydroxyl groups is 1. The van der Waals surface area contributed by atoms with Crippen LogP contribution in [0.3, 0.4) is 0 Å². The van der Waals surface area contributed by atoms with Gasteiger partial charge in [0.15, 0.2) is 6.10 Å². The Hall–Kier alpha value is -2.99. The van der Waals surface area contributed by atoms with E-state index in [-0.39, 0.29) is 12.2 Å². The number of hydrogen-bond donors (Lipinski definition) is 1. The quantitative estimate of drug-likeness (QED) is 0.612. The van der Waals surface area contributed by atoms with E-state index >= 15 is 0 Å². The number of aliphatic hydroxyl groups excluding tert-OH is 1. The Morgan fingerprint density at radius 2 is 2.00 bits per heavy atom. The van der Waals surface area contributed by atoms with E-state index in [1.165, 1.54) is 33.2 Å². The Bertz CT molecular complexity index is 1190. The summed E-state index contributed by atoms with van der Waals surface area (Å²) in [6.45, 7) is 4.92. The molecule has 5 rings (SSSR count). The van der Waals surface area contributed by atoms with Crippen LogP contribution in [0, 0.1) is 13.8 Å². The fourth-order valence-electron chi connectivity index (χ4n) is 5.00. The van der Waals surface area contributed by atoms with E-state index in [9.17, 15) is 14.7 Å². The van der Waals surface area contributed by atoms with Gasteiger partial charge in [-0.05, 0) is 67.5 Å². The van der Waals surface area contributed by atoms with E-state index in [1.54, 1.807) is 6.08 Å². The van der Waals surface area contributed by atoms with Gasteiger partial charge >= 0.3 is 5.97 Å². The Balaban J connectivity index is 1.76. The fourth-order valence-corrected chi connectivity index (χ4v) is 5.00. The van der Waals surface area contributed by atoms with E-state index in [1.807, 2.05) is 7.05 Å². The van der Waals surface area contributed by atoms with Gasteiger partial charge in [-0.15, -0.1) is 0 Å². The number of nitrogens with zero attached hydrogens (tertiary/aromatic N) is 2. The molecule has 0 fully saturated rings. The van der Waals surface area contributed by atoms with Crippen LogP contribution < -0.4 is 0 Å². The van der Waals surface area contributed by atoms with Crippen molar-refractivity contribution >= 4 is 28.9 Å². The van der Waals surface area contributed by atoms with Gasteiger partial charge in [0.25, 0.3) is 0 Å². The Kier molecular flexibility index (Phi) is 4.29. The van der Waals surface area contributed by atoms with Crippen LogP contribution in [0.4, 0.5) is 0 Å². The van der Waals surface area contributed by atoms with Crippen LogP contribution in [-0.4, -0.2) is 47.0 Å². The smallest absolute Gasteiger partial charge is 0.340 e. The third kappa shape index (κ3) is 2.63. The van der Waals surface area contributed by atoms with Crippen LogP contribution in [0.1, 0.15) is 39.9 Å². The minimum atomic E-state index is -1.46. The molecule has 6 nitrogen and oxygen atoms in total. The molecule has 154 valence electrons. The Morgan fingerprint density at radius 1 is 1.23 bits per heavy atom. The number of aldehydes is 1. The maximum absolute atomic E-state index is 11.9. The summed E-state index contributed by atoms with van der Waals surface area (Å²) in [6, 6.07) is 2.15. The number of fused-ring (bicyclic) bond motifs is 2. The zero-order valence-corrected chi connectivity index (χ0v) is 17.4. The topological polar surface area (TPSA) is 79.7 Å². The highest BCUT2D eigenvalue weighted by atomic mass is 16.5. The van der Waals surface area contributed by atoms with Gasteiger partial charge in [0.05, 0.1) is 16.9 Å². The lowest BCUT2D eigenvalue weighted by Gasteiger charge is -2.23. The molecule has 0 radical (unpaired) electrons. The van der Waals surface area contributed by atoms with Crippen molar-refractivity contribution in [2.45, 2.75) is 45.8 Å². The molecule has 3 heterocycles. The van der Waals surface area contributed by atoms with Gasteiger partial charge in [-0.1, -0.05) is 0 Å². The molecule has 1 aliphatic carbocycles. The van der Waals surface area contributed by atoms with Gasteiger partial charge in [-0.2, -0.15) is 0 Å². The zero-order valence-electron chi connectivity index (χ0n) is 17.4.